The second-order valence-corrected chi connectivity index (χ2v) is 12.8. The molecular formula is C27H33N5O3S2. The second kappa shape index (κ2) is 11.5. The number of aromatic nitrogens is 3. The Morgan fingerprint density at radius 3 is 2.24 bits per heavy atom. The number of amides is 1. The third-order valence-electron chi connectivity index (χ3n) is 5.75. The molecule has 2 heterocycles. The van der Waals surface area contributed by atoms with Crippen LogP contribution in [0.4, 0.5) is 5.13 Å². The maximum atomic E-state index is 13.7. The van der Waals surface area contributed by atoms with Crippen molar-refractivity contribution in [3.63, 3.8) is 0 Å². The maximum absolute atomic E-state index is 13.7. The monoisotopic (exact) mass is 539 g/mol. The Balaban J connectivity index is 1.62. The third kappa shape index (κ3) is 6.44. The first-order valence-corrected chi connectivity index (χ1v) is 14.7. The van der Waals surface area contributed by atoms with Crippen LogP contribution in [-0.2, 0) is 16.6 Å². The van der Waals surface area contributed by atoms with Crippen LogP contribution in [0, 0.1) is 11.8 Å². The molecule has 0 spiro atoms. The van der Waals surface area contributed by atoms with Gasteiger partial charge in [0.05, 0.1) is 21.7 Å². The van der Waals surface area contributed by atoms with Crippen molar-refractivity contribution in [1.29, 1.82) is 0 Å². The number of para-hydroxylation sites is 1. The molecule has 4 rings (SSSR count). The van der Waals surface area contributed by atoms with E-state index in [1.165, 1.54) is 27.8 Å². The highest BCUT2D eigenvalue weighted by molar-refractivity contribution is 7.89. The molecule has 1 amide bonds. The van der Waals surface area contributed by atoms with Crippen molar-refractivity contribution in [3.8, 4) is 0 Å². The molecule has 0 radical (unpaired) electrons. The number of carbonyl (C=O) groups excluding carboxylic acids is 1. The number of rotatable bonds is 11. The smallest absolute Gasteiger partial charge is 0.260 e. The summed E-state index contributed by atoms with van der Waals surface area (Å²) in [5.74, 6) is 0.162. The summed E-state index contributed by atoms with van der Waals surface area (Å²) in [6.07, 6.45) is 3.55. The summed E-state index contributed by atoms with van der Waals surface area (Å²) in [5, 5.41) is 4.84. The molecule has 0 N–H and O–H groups in total. The molecule has 8 nitrogen and oxygen atoms in total. The molecule has 0 aliphatic rings. The first kappa shape index (κ1) is 27.0. The van der Waals surface area contributed by atoms with Crippen molar-refractivity contribution in [2.24, 2.45) is 11.8 Å². The molecule has 0 saturated heterocycles. The zero-order chi connectivity index (χ0) is 26.6. The Hall–Kier alpha value is -3.08. The van der Waals surface area contributed by atoms with E-state index in [4.69, 9.17) is 0 Å². The Bertz CT molecular complexity index is 1390. The number of thiazole rings is 1. The van der Waals surface area contributed by atoms with Crippen LogP contribution in [0.3, 0.4) is 0 Å². The van der Waals surface area contributed by atoms with Gasteiger partial charge >= 0.3 is 0 Å². The number of nitrogens with zero attached hydrogens (tertiary/aromatic N) is 5. The molecule has 0 atom stereocenters. The van der Waals surface area contributed by atoms with E-state index in [2.05, 4.69) is 10.1 Å². The zero-order valence-corrected chi connectivity index (χ0v) is 23.2. The largest absolute Gasteiger partial charge is 0.282 e. The van der Waals surface area contributed by atoms with Crippen LogP contribution in [0.2, 0.25) is 0 Å². The van der Waals surface area contributed by atoms with E-state index in [0.717, 1.165) is 10.2 Å². The summed E-state index contributed by atoms with van der Waals surface area (Å²) in [7, 11) is -3.68. The van der Waals surface area contributed by atoms with Gasteiger partial charge in [0.25, 0.3) is 5.91 Å². The van der Waals surface area contributed by atoms with Gasteiger partial charge in [0.2, 0.25) is 10.0 Å². The van der Waals surface area contributed by atoms with Gasteiger partial charge in [-0.25, -0.2) is 13.4 Å². The molecule has 0 fully saturated rings. The summed E-state index contributed by atoms with van der Waals surface area (Å²) < 4.78 is 31.1. The van der Waals surface area contributed by atoms with Crippen molar-refractivity contribution < 1.29 is 13.2 Å². The molecule has 0 aliphatic carbocycles. The van der Waals surface area contributed by atoms with Crippen LogP contribution < -0.4 is 4.90 Å². The first-order chi connectivity index (χ1) is 17.6. The highest BCUT2D eigenvalue weighted by Gasteiger charge is 2.27. The normalized spacial score (nSPS) is 12.2. The van der Waals surface area contributed by atoms with Crippen LogP contribution in [0.25, 0.3) is 10.2 Å². The highest BCUT2D eigenvalue weighted by Crippen LogP contribution is 2.30. The lowest BCUT2D eigenvalue weighted by molar-refractivity contribution is 0.0985. The van der Waals surface area contributed by atoms with Crippen molar-refractivity contribution in [2.75, 3.05) is 24.5 Å². The van der Waals surface area contributed by atoms with Crippen molar-refractivity contribution in [2.45, 2.75) is 39.1 Å². The topological polar surface area (TPSA) is 88.4 Å². The Labute approximate surface area is 222 Å². The Kier molecular flexibility index (Phi) is 8.41. The standard InChI is InChI=1S/C27H33N5O3S2/c1-20(2)18-31(19-21(3)4)37(34,35)23-12-10-22(11-13-23)26(33)32(17-16-30-15-7-14-28-30)27-29-24-8-5-6-9-25(24)36-27/h5-15,20-21H,16-19H2,1-4H3. The fraction of sp³-hybridized carbons (Fsp3) is 0.370. The first-order valence-electron chi connectivity index (χ1n) is 12.4. The number of benzene rings is 2. The molecule has 10 heteroatoms. The van der Waals surface area contributed by atoms with Gasteiger partial charge in [0, 0.05) is 37.6 Å². The van der Waals surface area contributed by atoms with Gasteiger partial charge in [-0.3, -0.25) is 14.4 Å². The lowest BCUT2D eigenvalue weighted by Gasteiger charge is -2.26. The number of fused-ring (bicyclic) bond motifs is 1. The van der Waals surface area contributed by atoms with Crippen LogP contribution in [0.5, 0.6) is 0 Å². The van der Waals surface area contributed by atoms with Gasteiger partial charge in [-0.15, -0.1) is 0 Å². The van der Waals surface area contributed by atoms with E-state index in [9.17, 15) is 13.2 Å². The second-order valence-electron chi connectivity index (χ2n) is 9.82. The maximum Gasteiger partial charge on any atom is 0.260 e. The average molecular weight is 540 g/mol. The molecule has 2 aromatic heterocycles. The number of carbonyl (C=O) groups is 1. The third-order valence-corrected chi connectivity index (χ3v) is 8.65. The van der Waals surface area contributed by atoms with Gasteiger partial charge in [-0.05, 0) is 54.3 Å². The fourth-order valence-corrected chi connectivity index (χ4v) is 6.81. The Morgan fingerprint density at radius 2 is 1.65 bits per heavy atom. The molecule has 4 aromatic rings. The molecule has 2 aromatic carbocycles. The van der Waals surface area contributed by atoms with Crippen LogP contribution in [-0.4, -0.2) is 53.0 Å². The highest BCUT2D eigenvalue weighted by atomic mass is 32.2. The van der Waals surface area contributed by atoms with E-state index in [-0.39, 0.29) is 22.6 Å². The SMILES string of the molecule is CC(C)CN(CC(C)C)S(=O)(=O)c1ccc(C(=O)N(CCn2cccn2)c2nc3ccccc3s2)cc1. The van der Waals surface area contributed by atoms with Gasteiger partial charge in [0.15, 0.2) is 5.13 Å². The van der Waals surface area contributed by atoms with Gasteiger partial charge in [-0.1, -0.05) is 51.2 Å². The minimum atomic E-state index is -3.68. The summed E-state index contributed by atoms with van der Waals surface area (Å²) >= 11 is 1.45. The van der Waals surface area contributed by atoms with E-state index in [1.54, 1.807) is 27.9 Å². The quantitative estimate of drug-likeness (QED) is 0.263. The molecule has 0 aliphatic heterocycles. The fourth-order valence-electron chi connectivity index (χ4n) is 4.05. The number of anilines is 1. The number of hydrogen-bond acceptors (Lipinski definition) is 6. The van der Waals surface area contributed by atoms with Crippen molar-refractivity contribution in [3.05, 3.63) is 72.6 Å². The van der Waals surface area contributed by atoms with Crippen LogP contribution in [0.1, 0.15) is 38.1 Å². The summed E-state index contributed by atoms with van der Waals surface area (Å²) in [6, 6.07) is 15.8. The summed E-state index contributed by atoms with van der Waals surface area (Å²) in [4.78, 5) is 20.2. The Morgan fingerprint density at radius 1 is 0.973 bits per heavy atom. The van der Waals surface area contributed by atoms with Gasteiger partial charge in [0.1, 0.15) is 0 Å². The molecule has 0 bridgehead atoms. The van der Waals surface area contributed by atoms with E-state index < -0.39 is 10.0 Å². The number of hydrogen-bond donors (Lipinski definition) is 0. The van der Waals surface area contributed by atoms with Crippen molar-refractivity contribution in [1.82, 2.24) is 19.1 Å². The van der Waals surface area contributed by atoms with E-state index in [1.807, 2.05) is 64.2 Å². The molecular weight excluding hydrogens is 506 g/mol. The summed E-state index contributed by atoms with van der Waals surface area (Å²) in [5.41, 5.74) is 1.23. The minimum Gasteiger partial charge on any atom is -0.282 e. The lowest BCUT2D eigenvalue weighted by Crippen LogP contribution is -2.37. The number of sulfonamides is 1. The summed E-state index contributed by atoms with van der Waals surface area (Å²) in [6.45, 7) is 9.78. The van der Waals surface area contributed by atoms with Crippen molar-refractivity contribution >= 4 is 42.6 Å². The van der Waals surface area contributed by atoms with Crippen LogP contribution >= 0.6 is 11.3 Å². The van der Waals surface area contributed by atoms with Gasteiger partial charge < -0.3 is 0 Å². The lowest BCUT2D eigenvalue weighted by atomic mass is 10.2. The van der Waals surface area contributed by atoms with E-state index >= 15 is 0 Å². The predicted molar refractivity (Wildman–Crippen MR) is 148 cm³/mol. The van der Waals surface area contributed by atoms with Gasteiger partial charge in [-0.2, -0.15) is 9.40 Å². The molecule has 37 heavy (non-hydrogen) atoms. The molecule has 0 unspecified atom stereocenters. The average Bonchev–Trinajstić information content (AvgIpc) is 3.53. The minimum absolute atomic E-state index is 0.188. The molecule has 0 saturated carbocycles. The molecule has 196 valence electrons. The predicted octanol–water partition coefficient (Wildman–Crippen LogP) is 5.14. The van der Waals surface area contributed by atoms with E-state index in [0.29, 0.717) is 36.9 Å². The zero-order valence-electron chi connectivity index (χ0n) is 21.6. The van der Waals surface area contributed by atoms with Crippen LogP contribution in [0.15, 0.2) is 71.9 Å².